The van der Waals surface area contributed by atoms with E-state index < -0.39 is 18.3 Å². The van der Waals surface area contributed by atoms with Gasteiger partial charge in [-0.1, -0.05) is 69.8 Å². The Hall–Kier alpha value is -4.89. The number of fused-ring (bicyclic) bond motifs is 1. The van der Waals surface area contributed by atoms with Crippen LogP contribution in [-0.2, 0) is 43.1 Å². The van der Waals surface area contributed by atoms with Gasteiger partial charge in [-0.25, -0.2) is 9.37 Å². The van der Waals surface area contributed by atoms with Crippen LogP contribution in [-0.4, -0.2) is 39.6 Å². The third-order valence-corrected chi connectivity index (χ3v) is 8.38. The molecule has 0 saturated carbocycles. The number of nitrogens with zero attached hydrogens (tertiary/aromatic N) is 3. The number of hydrogen-bond donors (Lipinski definition) is 2. The van der Waals surface area contributed by atoms with Crippen LogP contribution in [0.4, 0.5) is 10.1 Å². The van der Waals surface area contributed by atoms with E-state index >= 15 is 4.39 Å². The molecule has 1 aromatic heterocycles. The van der Waals surface area contributed by atoms with Crippen LogP contribution in [0.15, 0.2) is 78.2 Å². The number of aryl methyl sites for hydroxylation is 1. The normalized spacial score (nSPS) is 13.0. The van der Waals surface area contributed by atoms with Crippen molar-refractivity contribution in [3.8, 4) is 11.3 Å². The van der Waals surface area contributed by atoms with Crippen LogP contribution in [0.3, 0.4) is 0 Å². The summed E-state index contributed by atoms with van der Waals surface area (Å²) in [6.07, 6.45) is 4.21. The molecule has 2 amide bonds. The lowest BCUT2D eigenvalue weighted by atomic mass is 9.83. The average Bonchev–Trinajstić information content (AvgIpc) is 3.02. The number of hydrogen-bond acceptors (Lipinski definition) is 5. The summed E-state index contributed by atoms with van der Waals surface area (Å²) in [5.41, 5.74) is 5.27. The van der Waals surface area contributed by atoms with Gasteiger partial charge in [-0.15, -0.1) is 0 Å². The standard InChI is InChI=1S/C37H39FN4O4/c1-6-33(44)39-15-13-23-9-7-10-24(17-23)18-30-35(45)41(5)21-31(40-30)27-11-8-12-32(28(27)22-43)42-16-14-25-19-26(37(2,3)4)20-29(38)34(25)36(42)46/h6-12,17,19-21,43H,1,13-16,18,22H2,2-5H3,(H,39,44). The molecule has 9 heteroatoms. The molecule has 5 rings (SSSR count). The molecule has 46 heavy (non-hydrogen) atoms. The fourth-order valence-corrected chi connectivity index (χ4v) is 5.87. The van der Waals surface area contributed by atoms with Gasteiger partial charge >= 0.3 is 0 Å². The van der Waals surface area contributed by atoms with Crippen LogP contribution < -0.4 is 15.8 Å². The maximum Gasteiger partial charge on any atom is 0.272 e. The van der Waals surface area contributed by atoms with Crippen molar-refractivity contribution in [3.63, 3.8) is 0 Å². The number of aromatic nitrogens is 2. The van der Waals surface area contributed by atoms with Gasteiger partial charge in [0.15, 0.2) is 0 Å². The minimum atomic E-state index is -0.547. The van der Waals surface area contributed by atoms with Gasteiger partial charge in [-0.2, -0.15) is 0 Å². The van der Waals surface area contributed by atoms with Gasteiger partial charge in [-0.05, 0) is 58.7 Å². The first kappa shape index (κ1) is 32.5. The molecule has 1 aliphatic rings. The quantitative estimate of drug-likeness (QED) is 0.255. The third kappa shape index (κ3) is 6.70. The number of carbonyl (C=O) groups is 2. The summed E-state index contributed by atoms with van der Waals surface area (Å²) in [5, 5.41) is 13.4. The highest BCUT2D eigenvalue weighted by molar-refractivity contribution is 6.09. The van der Waals surface area contributed by atoms with E-state index in [4.69, 9.17) is 4.98 Å². The van der Waals surface area contributed by atoms with Crippen LogP contribution >= 0.6 is 0 Å². The van der Waals surface area contributed by atoms with E-state index in [1.807, 2.05) is 51.1 Å². The summed E-state index contributed by atoms with van der Waals surface area (Å²) in [5.74, 6) is -1.24. The van der Waals surface area contributed by atoms with Crippen molar-refractivity contribution >= 4 is 17.5 Å². The molecule has 4 aromatic rings. The van der Waals surface area contributed by atoms with E-state index in [2.05, 4.69) is 11.9 Å². The Morgan fingerprint density at radius 3 is 2.57 bits per heavy atom. The molecule has 0 bridgehead atoms. The van der Waals surface area contributed by atoms with Crippen LogP contribution in [0.25, 0.3) is 11.3 Å². The lowest BCUT2D eigenvalue weighted by Gasteiger charge is -2.32. The van der Waals surface area contributed by atoms with Gasteiger partial charge in [0, 0.05) is 43.9 Å². The Balaban J connectivity index is 1.47. The number of carbonyl (C=O) groups excluding carboxylic acids is 2. The molecule has 0 fully saturated rings. The molecule has 2 heterocycles. The number of nitrogens with one attached hydrogen (secondary N) is 1. The van der Waals surface area contributed by atoms with Crippen molar-refractivity contribution in [3.05, 3.63) is 129 Å². The molecular formula is C37H39FN4O4. The van der Waals surface area contributed by atoms with Crippen molar-refractivity contribution in [2.24, 2.45) is 7.05 Å². The second kappa shape index (κ2) is 13.2. The van der Waals surface area contributed by atoms with E-state index in [1.54, 1.807) is 31.4 Å². The molecule has 8 nitrogen and oxygen atoms in total. The fraction of sp³-hybridized carbons (Fsp3) is 0.297. The van der Waals surface area contributed by atoms with Crippen molar-refractivity contribution in [2.45, 2.75) is 52.1 Å². The molecule has 238 valence electrons. The highest BCUT2D eigenvalue weighted by Crippen LogP contribution is 2.35. The molecule has 0 unspecified atom stereocenters. The highest BCUT2D eigenvalue weighted by Gasteiger charge is 2.32. The van der Waals surface area contributed by atoms with E-state index in [1.165, 1.54) is 21.6 Å². The number of aliphatic hydroxyl groups is 1. The molecule has 0 saturated heterocycles. The lowest BCUT2D eigenvalue weighted by Crippen LogP contribution is -2.39. The Bertz CT molecular complexity index is 1890. The third-order valence-electron chi connectivity index (χ3n) is 8.38. The van der Waals surface area contributed by atoms with Crippen LogP contribution in [0.2, 0.25) is 0 Å². The van der Waals surface area contributed by atoms with E-state index in [0.29, 0.717) is 59.7 Å². The zero-order valence-electron chi connectivity index (χ0n) is 26.7. The first-order valence-corrected chi connectivity index (χ1v) is 15.3. The predicted octanol–water partition coefficient (Wildman–Crippen LogP) is 5.01. The van der Waals surface area contributed by atoms with Gasteiger partial charge in [0.2, 0.25) is 5.91 Å². The van der Waals surface area contributed by atoms with Crippen LogP contribution in [0, 0.1) is 5.82 Å². The molecule has 0 spiro atoms. The first-order valence-electron chi connectivity index (χ1n) is 15.3. The average molecular weight is 623 g/mol. The Labute approximate surface area is 268 Å². The smallest absolute Gasteiger partial charge is 0.272 e. The molecule has 0 radical (unpaired) electrons. The molecule has 2 N–H and O–H groups in total. The van der Waals surface area contributed by atoms with E-state index in [0.717, 1.165) is 16.7 Å². The lowest BCUT2D eigenvalue weighted by molar-refractivity contribution is -0.116. The zero-order valence-corrected chi connectivity index (χ0v) is 26.7. The minimum Gasteiger partial charge on any atom is -0.392 e. The van der Waals surface area contributed by atoms with Gasteiger partial charge in [0.05, 0.1) is 23.6 Å². The van der Waals surface area contributed by atoms with Crippen molar-refractivity contribution in [2.75, 3.05) is 18.0 Å². The van der Waals surface area contributed by atoms with Crippen molar-refractivity contribution in [1.29, 1.82) is 0 Å². The highest BCUT2D eigenvalue weighted by atomic mass is 19.1. The predicted molar refractivity (Wildman–Crippen MR) is 177 cm³/mol. The van der Waals surface area contributed by atoms with Crippen molar-refractivity contribution < 1.29 is 19.1 Å². The van der Waals surface area contributed by atoms with Crippen molar-refractivity contribution in [1.82, 2.24) is 14.9 Å². The molecule has 0 atom stereocenters. The minimum absolute atomic E-state index is 0.0568. The summed E-state index contributed by atoms with van der Waals surface area (Å²) in [4.78, 5) is 44.6. The molecular weight excluding hydrogens is 583 g/mol. The fourth-order valence-electron chi connectivity index (χ4n) is 5.87. The molecule has 3 aromatic carbocycles. The topological polar surface area (TPSA) is 105 Å². The number of aliphatic hydroxyl groups excluding tert-OH is 1. The molecule has 0 aliphatic carbocycles. The Morgan fingerprint density at radius 1 is 1.11 bits per heavy atom. The maximum absolute atomic E-state index is 15.4. The second-order valence-corrected chi connectivity index (χ2v) is 12.6. The Kier molecular flexibility index (Phi) is 9.34. The Morgan fingerprint density at radius 2 is 1.85 bits per heavy atom. The van der Waals surface area contributed by atoms with Gasteiger partial charge < -0.3 is 19.9 Å². The summed E-state index contributed by atoms with van der Waals surface area (Å²) < 4.78 is 16.9. The van der Waals surface area contributed by atoms with Gasteiger partial charge in [0.25, 0.3) is 11.5 Å². The van der Waals surface area contributed by atoms with E-state index in [9.17, 15) is 19.5 Å². The SMILES string of the molecule is C=CC(=O)NCCc1cccc(Cc2nc(-c3cccc(N4CCc5cc(C(C)(C)C)cc(F)c5C4=O)c3CO)cn(C)c2=O)c1. The first-order chi connectivity index (χ1) is 21.9. The summed E-state index contributed by atoms with van der Waals surface area (Å²) in [7, 11) is 1.65. The number of halogens is 1. The summed E-state index contributed by atoms with van der Waals surface area (Å²) in [6, 6.07) is 16.4. The van der Waals surface area contributed by atoms with Crippen LogP contribution in [0.1, 0.15) is 64.6 Å². The van der Waals surface area contributed by atoms with E-state index in [-0.39, 0.29) is 28.9 Å². The number of amides is 2. The largest absolute Gasteiger partial charge is 0.392 e. The number of benzene rings is 3. The molecule has 1 aliphatic heterocycles. The summed E-state index contributed by atoms with van der Waals surface area (Å²) >= 11 is 0. The van der Waals surface area contributed by atoms with Gasteiger partial charge in [-0.3, -0.25) is 14.4 Å². The maximum atomic E-state index is 15.4. The zero-order chi connectivity index (χ0) is 33.2. The monoisotopic (exact) mass is 622 g/mol. The summed E-state index contributed by atoms with van der Waals surface area (Å²) in [6.45, 7) is 9.88. The number of rotatable bonds is 9. The number of anilines is 1. The van der Waals surface area contributed by atoms with Crippen LogP contribution in [0.5, 0.6) is 0 Å². The second-order valence-electron chi connectivity index (χ2n) is 12.6. The van der Waals surface area contributed by atoms with Gasteiger partial charge in [0.1, 0.15) is 11.5 Å².